The highest BCUT2D eigenvalue weighted by Crippen LogP contribution is 2.35. The first-order chi connectivity index (χ1) is 14.8. The highest BCUT2D eigenvalue weighted by Gasteiger charge is 2.46. The number of allylic oxidation sites excluding steroid dienone is 2. The summed E-state index contributed by atoms with van der Waals surface area (Å²) in [7, 11) is 3.65. The number of piperazine rings is 1. The summed E-state index contributed by atoms with van der Waals surface area (Å²) in [6.45, 7) is 7.37. The molecule has 0 bridgehead atoms. The van der Waals surface area contributed by atoms with Crippen LogP contribution >= 0.6 is 0 Å². The monoisotopic (exact) mass is 423 g/mol. The number of aryl methyl sites for hydroxylation is 2. The number of nitrogens with zero attached hydrogens (tertiary/aromatic N) is 4. The van der Waals surface area contributed by atoms with Gasteiger partial charge in [0.25, 0.3) is 5.91 Å². The van der Waals surface area contributed by atoms with Gasteiger partial charge in [0.1, 0.15) is 0 Å². The minimum atomic E-state index is -1.19. The lowest BCUT2D eigenvalue weighted by Crippen LogP contribution is -2.62. The average molecular weight is 424 g/mol. The Balaban J connectivity index is 1.70. The molecule has 0 saturated carbocycles. The zero-order valence-corrected chi connectivity index (χ0v) is 18.5. The van der Waals surface area contributed by atoms with Crippen molar-refractivity contribution in [1.82, 2.24) is 19.9 Å². The lowest BCUT2D eigenvalue weighted by atomic mass is 9.82. The van der Waals surface area contributed by atoms with Crippen LogP contribution in [0.5, 0.6) is 0 Å². The molecule has 2 aliphatic rings. The smallest absolute Gasteiger partial charge is 0.255 e. The number of likely N-dealkylation sites (N-methyl/N-ethyl adjacent to an activating group) is 1. The molecular weight excluding hydrogens is 394 g/mol. The number of hydrogen-bond donors (Lipinski definition) is 1. The molecule has 8 heteroatoms. The maximum absolute atomic E-state index is 12.5. The van der Waals surface area contributed by atoms with Crippen LogP contribution in [0.3, 0.4) is 0 Å². The third-order valence-corrected chi connectivity index (χ3v) is 6.26. The molecule has 2 unspecified atom stereocenters. The molecule has 8 nitrogen and oxygen atoms in total. The van der Waals surface area contributed by atoms with Crippen molar-refractivity contribution in [3.63, 3.8) is 0 Å². The van der Waals surface area contributed by atoms with Crippen molar-refractivity contribution >= 4 is 11.5 Å². The van der Waals surface area contributed by atoms with Gasteiger partial charge in [-0.3, -0.25) is 9.69 Å². The summed E-state index contributed by atoms with van der Waals surface area (Å²) in [5.41, 5.74) is 8.74. The number of primary amides is 1. The van der Waals surface area contributed by atoms with Crippen LogP contribution in [0, 0.1) is 13.8 Å². The second-order valence-corrected chi connectivity index (χ2v) is 8.27. The van der Waals surface area contributed by atoms with E-state index < -0.39 is 11.5 Å². The first kappa shape index (κ1) is 21.4. The largest absolute Gasteiger partial charge is 0.367 e. The summed E-state index contributed by atoms with van der Waals surface area (Å²) >= 11 is 0. The molecule has 1 fully saturated rings. The molecule has 2 heterocycles. The van der Waals surface area contributed by atoms with Crippen molar-refractivity contribution in [3.05, 3.63) is 53.4 Å². The first-order valence-electron chi connectivity index (χ1n) is 10.4. The van der Waals surface area contributed by atoms with Gasteiger partial charge in [-0.2, -0.15) is 4.98 Å². The number of aromatic nitrogens is 2. The number of nitrogens with two attached hydrogens (primary N) is 1. The van der Waals surface area contributed by atoms with Crippen LogP contribution in [0.2, 0.25) is 0 Å². The Kier molecular flexibility index (Phi) is 5.79. The third kappa shape index (κ3) is 3.94. The fourth-order valence-electron chi connectivity index (χ4n) is 4.38. The van der Waals surface area contributed by atoms with E-state index in [0.717, 1.165) is 48.4 Å². The van der Waals surface area contributed by atoms with E-state index in [2.05, 4.69) is 46.1 Å². The Hall–Kier alpha value is -2.81. The quantitative estimate of drug-likeness (QED) is 0.783. The number of rotatable bonds is 5. The number of methoxy groups -OCH3 is 1. The SMILES string of the molecule is COC1(C(N)=O)C=CC(c2ccc(-c3noc(C)n3)cc2C)=CC1N1CCN(C)CC1. The molecule has 2 N–H and O–H groups in total. The maximum atomic E-state index is 12.5. The van der Waals surface area contributed by atoms with Crippen molar-refractivity contribution in [1.29, 1.82) is 0 Å². The summed E-state index contributed by atoms with van der Waals surface area (Å²) < 4.78 is 10.8. The molecule has 2 atom stereocenters. The number of carbonyl (C=O) groups is 1. The van der Waals surface area contributed by atoms with E-state index in [0.29, 0.717) is 11.7 Å². The van der Waals surface area contributed by atoms with E-state index in [1.807, 2.05) is 24.3 Å². The number of ether oxygens (including phenoxy) is 1. The third-order valence-electron chi connectivity index (χ3n) is 6.26. The summed E-state index contributed by atoms with van der Waals surface area (Å²) in [4.78, 5) is 21.4. The second-order valence-electron chi connectivity index (χ2n) is 8.27. The van der Waals surface area contributed by atoms with E-state index >= 15 is 0 Å². The molecular formula is C23H29N5O3. The number of benzene rings is 1. The second kappa shape index (κ2) is 8.37. The molecule has 1 aliphatic carbocycles. The normalized spacial score (nSPS) is 24.9. The summed E-state index contributed by atoms with van der Waals surface area (Å²) in [6, 6.07) is 5.81. The van der Waals surface area contributed by atoms with E-state index in [1.54, 1.807) is 14.0 Å². The highest BCUT2D eigenvalue weighted by molar-refractivity contribution is 5.91. The lowest BCUT2D eigenvalue weighted by molar-refractivity contribution is -0.140. The topological polar surface area (TPSA) is 97.7 Å². The molecule has 1 aromatic heterocycles. The van der Waals surface area contributed by atoms with Gasteiger partial charge in [0, 0.05) is 45.8 Å². The Labute approximate surface area is 182 Å². The van der Waals surface area contributed by atoms with Gasteiger partial charge in [0.05, 0.1) is 6.04 Å². The minimum absolute atomic E-state index is 0.275. The Morgan fingerprint density at radius 2 is 2.00 bits per heavy atom. The van der Waals surface area contributed by atoms with Gasteiger partial charge in [-0.05, 0) is 42.8 Å². The predicted molar refractivity (Wildman–Crippen MR) is 118 cm³/mol. The Morgan fingerprint density at radius 1 is 1.26 bits per heavy atom. The van der Waals surface area contributed by atoms with E-state index in [1.165, 1.54) is 0 Å². The molecule has 0 spiro atoms. The molecule has 4 rings (SSSR count). The summed E-state index contributed by atoms with van der Waals surface area (Å²) in [5.74, 6) is 0.625. The summed E-state index contributed by atoms with van der Waals surface area (Å²) in [6.07, 6.45) is 5.85. The van der Waals surface area contributed by atoms with E-state index in [4.69, 9.17) is 15.0 Å². The molecule has 2 aromatic rings. The predicted octanol–water partition coefficient (Wildman–Crippen LogP) is 1.79. The standard InChI is InChI=1S/C23H29N5O3/c1-15-13-18(21-25-16(2)31-26-21)5-6-19(15)17-7-8-23(30-4,22(24)29)20(14-17)28-11-9-27(3)10-12-28/h5-8,13-14,20H,9-12H2,1-4H3,(H2,24,29). The molecule has 1 amide bonds. The molecule has 1 aliphatic heterocycles. The number of carbonyl (C=O) groups excluding carboxylic acids is 1. The van der Waals surface area contributed by atoms with Crippen LogP contribution in [0.4, 0.5) is 0 Å². The number of amides is 1. The van der Waals surface area contributed by atoms with Gasteiger partial charge >= 0.3 is 0 Å². The fraction of sp³-hybridized carbons (Fsp3) is 0.435. The molecule has 31 heavy (non-hydrogen) atoms. The van der Waals surface area contributed by atoms with Crippen molar-refractivity contribution in [2.45, 2.75) is 25.5 Å². The van der Waals surface area contributed by atoms with E-state index in [9.17, 15) is 4.79 Å². The van der Waals surface area contributed by atoms with Crippen LogP contribution in [0.1, 0.15) is 17.0 Å². The Morgan fingerprint density at radius 3 is 2.58 bits per heavy atom. The number of hydrogen-bond acceptors (Lipinski definition) is 7. The van der Waals surface area contributed by atoms with Crippen molar-refractivity contribution in [2.75, 3.05) is 40.3 Å². The molecule has 0 radical (unpaired) electrons. The molecule has 1 saturated heterocycles. The zero-order valence-electron chi connectivity index (χ0n) is 18.5. The van der Waals surface area contributed by atoms with Crippen molar-refractivity contribution in [2.24, 2.45) is 5.73 Å². The van der Waals surface area contributed by atoms with E-state index in [-0.39, 0.29) is 6.04 Å². The van der Waals surface area contributed by atoms with Crippen LogP contribution in [-0.4, -0.2) is 77.8 Å². The Bertz CT molecular complexity index is 1040. The average Bonchev–Trinajstić information content (AvgIpc) is 3.20. The van der Waals surface area contributed by atoms with Gasteiger partial charge < -0.3 is 19.9 Å². The zero-order chi connectivity index (χ0) is 22.2. The molecule has 164 valence electrons. The van der Waals surface area contributed by atoms with Crippen LogP contribution < -0.4 is 5.73 Å². The molecule has 1 aromatic carbocycles. The van der Waals surface area contributed by atoms with Crippen LogP contribution in [-0.2, 0) is 9.53 Å². The highest BCUT2D eigenvalue weighted by atomic mass is 16.5. The van der Waals surface area contributed by atoms with Gasteiger partial charge in [-0.15, -0.1) is 0 Å². The van der Waals surface area contributed by atoms with Crippen LogP contribution in [0.25, 0.3) is 17.0 Å². The van der Waals surface area contributed by atoms with Gasteiger partial charge in [0.2, 0.25) is 11.7 Å². The van der Waals surface area contributed by atoms with Crippen molar-refractivity contribution < 1.29 is 14.1 Å². The minimum Gasteiger partial charge on any atom is -0.367 e. The lowest BCUT2D eigenvalue weighted by Gasteiger charge is -2.45. The first-order valence-corrected chi connectivity index (χ1v) is 10.4. The van der Waals surface area contributed by atoms with Gasteiger partial charge in [0.15, 0.2) is 5.60 Å². The fourth-order valence-corrected chi connectivity index (χ4v) is 4.38. The summed E-state index contributed by atoms with van der Waals surface area (Å²) in [5, 5.41) is 4.00. The van der Waals surface area contributed by atoms with Gasteiger partial charge in [-0.1, -0.05) is 29.4 Å². The van der Waals surface area contributed by atoms with Crippen LogP contribution in [0.15, 0.2) is 41.0 Å². The van der Waals surface area contributed by atoms with Gasteiger partial charge in [-0.25, -0.2) is 0 Å². The van der Waals surface area contributed by atoms with Crippen molar-refractivity contribution in [3.8, 4) is 11.4 Å². The maximum Gasteiger partial charge on any atom is 0.255 e.